The van der Waals surface area contributed by atoms with Gasteiger partial charge in [0, 0.05) is 18.8 Å². The summed E-state index contributed by atoms with van der Waals surface area (Å²) in [7, 11) is 0. The molecule has 0 aromatic heterocycles. The molecule has 1 fully saturated rings. The van der Waals surface area contributed by atoms with Crippen molar-refractivity contribution in [2.75, 3.05) is 0 Å². The van der Waals surface area contributed by atoms with Gasteiger partial charge in [-0.3, -0.25) is 4.79 Å². The maximum atomic E-state index is 11.1. The van der Waals surface area contributed by atoms with Gasteiger partial charge in [0.15, 0.2) is 0 Å². The number of unbranched alkanes of at least 4 members (excludes halogenated alkanes) is 2. The Balaban J connectivity index is 2.27. The molecule has 0 aromatic carbocycles. The summed E-state index contributed by atoms with van der Waals surface area (Å²) >= 11 is 0. The van der Waals surface area contributed by atoms with Crippen LogP contribution in [0.25, 0.3) is 0 Å². The van der Waals surface area contributed by atoms with Crippen LogP contribution in [0.1, 0.15) is 45.4 Å². The van der Waals surface area contributed by atoms with Gasteiger partial charge in [0.05, 0.1) is 12.2 Å². The summed E-state index contributed by atoms with van der Waals surface area (Å²) in [6.45, 7) is 2.13. The second-order valence-electron chi connectivity index (χ2n) is 4.63. The van der Waals surface area contributed by atoms with Crippen LogP contribution < -0.4 is 0 Å². The van der Waals surface area contributed by atoms with E-state index in [1.165, 1.54) is 0 Å². The number of aliphatic hydroxyl groups excluding tert-OH is 2. The lowest BCUT2D eigenvalue weighted by molar-refractivity contribution is -0.117. The third-order valence-corrected chi connectivity index (χ3v) is 3.08. The first-order valence-electron chi connectivity index (χ1n) is 6.19. The van der Waals surface area contributed by atoms with E-state index in [-0.39, 0.29) is 18.1 Å². The zero-order valence-electron chi connectivity index (χ0n) is 9.93. The fraction of sp³-hybridized carbons (Fsp3) is 0.769. The minimum absolute atomic E-state index is 0.0895. The van der Waals surface area contributed by atoms with Crippen LogP contribution in [0.5, 0.6) is 0 Å². The predicted octanol–water partition coefficient (Wildman–Crippen LogP) is 1.82. The third-order valence-electron chi connectivity index (χ3n) is 3.08. The Morgan fingerprint density at radius 2 is 2.19 bits per heavy atom. The highest BCUT2D eigenvalue weighted by Gasteiger charge is 2.29. The van der Waals surface area contributed by atoms with Crippen molar-refractivity contribution in [3.63, 3.8) is 0 Å². The van der Waals surface area contributed by atoms with Crippen LogP contribution >= 0.6 is 0 Å². The van der Waals surface area contributed by atoms with Crippen LogP contribution in [-0.2, 0) is 4.79 Å². The first kappa shape index (κ1) is 13.4. The monoisotopic (exact) mass is 226 g/mol. The molecule has 0 aliphatic heterocycles. The van der Waals surface area contributed by atoms with Gasteiger partial charge in [-0.15, -0.1) is 0 Å². The van der Waals surface area contributed by atoms with Gasteiger partial charge in [-0.1, -0.05) is 38.3 Å². The van der Waals surface area contributed by atoms with E-state index in [4.69, 9.17) is 0 Å². The molecule has 92 valence electrons. The first-order valence-corrected chi connectivity index (χ1v) is 6.19. The van der Waals surface area contributed by atoms with Crippen molar-refractivity contribution in [2.24, 2.45) is 5.92 Å². The zero-order valence-corrected chi connectivity index (χ0v) is 9.93. The van der Waals surface area contributed by atoms with E-state index in [1.807, 2.05) is 0 Å². The van der Waals surface area contributed by atoms with Crippen molar-refractivity contribution in [3.05, 3.63) is 12.2 Å². The average Bonchev–Trinajstić information content (AvgIpc) is 2.55. The third kappa shape index (κ3) is 4.45. The molecule has 0 saturated heterocycles. The molecule has 1 aliphatic carbocycles. The molecule has 0 aromatic rings. The highest BCUT2D eigenvalue weighted by Crippen LogP contribution is 2.24. The fourth-order valence-corrected chi connectivity index (χ4v) is 2.03. The van der Waals surface area contributed by atoms with Crippen LogP contribution in [-0.4, -0.2) is 28.2 Å². The summed E-state index contributed by atoms with van der Waals surface area (Å²) in [5.41, 5.74) is 0. The summed E-state index contributed by atoms with van der Waals surface area (Å²) in [5.74, 6) is 0.0240. The number of hydrogen-bond donors (Lipinski definition) is 2. The highest BCUT2D eigenvalue weighted by molar-refractivity contribution is 5.81. The van der Waals surface area contributed by atoms with Crippen LogP contribution in [0.15, 0.2) is 12.2 Å². The van der Waals surface area contributed by atoms with Gasteiger partial charge in [-0.25, -0.2) is 0 Å². The molecule has 0 bridgehead atoms. The topological polar surface area (TPSA) is 57.5 Å². The summed E-state index contributed by atoms with van der Waals surface area (Å²) in [5, 5.41) is 19.2. The van der Waals surface area contributed by atoms with E-state index in [9.17, 15) is 15.0 Å². The van der Waals surface area contributed by atoms with Crippen LogP contribution in [0, 0.1) is 5.92 Å². The molecule has 3 nitrogen and oxygen atoms in total. The van der Waals surface area contributed by atoms with Crippen molar-refractivity contribution in [2.45, 2.75) is 57.7 Å². The van der Waals surface area contributed by atoms with Crippen molar-refractivity contribution in [1.29, 1.82) is 0 Å². The minimum Gasteiger partial charge on any atom is -0.392 e. The molecule has 2 N–H and O–H groups in total. The second kappa shape index (κ2) is 6.81. The first-order chi connectivity index (χ1) is 7.63. The van der Waals surface area contributed by atoms with E-state index >= 15 is 0 Å². The molecule has 16 heavy (non-hydrogen) atoms. The quantitative estimate of drug-likeness (QED) is 0.536. The molecular weight excluding hydrogens is 204 g/mol. The molecule has 1 saturated carbocycles. The van der Waals surface area contributed by atoms with Gasteiger partial charge in [-0.2, -0.15) is 0 Å². The van der Waals surface area contributed by atoms with Gasteiger partial charge >= 0.3 is 0 Å². The molecule has 0 amide bonds. The van der Waals surface area contributed by atoms with Crippen molar-refractivity contribution >= 4 is 5.78 Å². The SMILES string of the molecule is CCCCC[C@H](O)/C=C/C1CC(=O)C[C@H]1O. The van der Waals surface area contributed by atoms with Crippen LogP contribution in [0.2, 0.25) is 0 Å². The van der Waals surface area contributed by atoms with Crippen molar-refractivity contribution in [1.82, 2.24) is 0 Å². The lowest BCUT2D eigenvalue weighted by Crippen LogP contribution is -2.11. The number of aliphatic hydroxyl groups is 2. The maximum Gasteiger partial charge on any atom is 0.136 e. The van der Waals surface area contributed by atoms with Gasteiger partial charge < -0.3 is 10.2 Å². The number of carbonyl (C=O) groups is 1. The van der Waals surface area contributed by atoms with Gasteiger partial charge in [0.1, 0.15) is 5.78 Å². The second-order valence-corrected chi connectivity index (χ2v) is 4.63. The molecule has 1 aliphatic rings. The molecule has 0 spiro atoms. The standard InChI is InChI=1S/C13H22O3/c1-2-3-4-5-11(14)7-6-10-8-12(15)9-13(10)16/h6-7,10-11,13-14,16H,2-5,8-9H2,1H3/b7-6+/t10?,11-,13+/m0/s1. The number of rotatable bonds is 6. The molecule has 0 radical (unpaired) electrons. The Bertz CT molecular complexity index is 248. The van der Waals surface area contributed by atoms with E-state index < -0.39 is 12.2 Å². The van der Waals surface area contributed by atoms with E-state index in [1.54, 1.807) is 12.2 Å². The minimum atomic E-state index is -0.549. The average molecular weight is 226 g/mol. The normalized spacial score (nSPS) is 27.8. The summed E-state index contributed by atoms with van der Waals surface area (Å²) in [4.78, 5) is 11.1. The maximum absolute atomic E-state index is 11.1. The number of carbonyl (C=O) groups excluding carboxylic acids is 1. The number of hydrogen-bond acceptors (Lipinski definition) is 3. The molecular formula is C13H22O3. The van der Waals surface area contributed by atoms with Gasteiger partial charge in [0.2, 0.25) is 0 Å². The summed E-state index contributed by atoms with van der Waals surface area (Å²) < 4.78 is 0. The largest absolute Gasteiger partial charge is 0.392 e. The number of Topliss-reactive ketones (excluding diaryl/α,β-unsaturated/α-hetero) is 1. The highest BCUT2D eigenvalue weighted by atomic mass is 16.3. The Morgan fingerprint density at radius 3 is 2.75 bits per heavy atom. The fourth-order valence-electron chi connectivity index (χ4n) is 2.03. The Hall–Kier alpha value is -0.670. The molecule has 3 heteroatoms. The zero-order chi connectivity index (χ0) is 12.0. The smallest absolute Gasteiger partial charge is 0.136 e. The van der Waals surface area contributed by atoms with Crippen LogP contribution in [0.3, 0.4) is 0 Å². The molecule has 3 atom stereocenters. The Labute approximate surface area is 97.2 Å². The number of ketones is 1. The lowest BCUT2D eigenvalue weighted by Gasteiger charge is -2.09. The predicted molar refractivity (Wildman–Crippen MR) is 63.0 cm³/mol. The van der Waals surface area contributed by atoms with Gasteiger partial charge in [0.25, 0.3) is 0 Å². The van der Waals surface area contributed by atoms with E-state index in [0.29, 0.717) is 6.42 Å². The lowest BCUT2D eigenvalue weighted by atomic mass is 10.0. The van der Waals surface area contributed by atoms with E-state index in [0.717, 1.165) is 25.7 Å². The van der Waals surface area contributed by atoms with Crippen molar-refractivity contribution in [3.8, 4) is 0 Å². The Kier molecular flexibility index (Phi) is 5.71. The molecule has 1 unspecified atom stereocenters. The van der Waals surface area contributed by atoms with Gasteiger partial charge in [-0.05, 0) is 6.42 Å². The molecule has 1 rings (SSSR count). The summed E-state index contributed by atoms with van der Waals surface area (Å²) in [6.07, 6.45) is 7.28. The van der Waals surface area contributed by atoms with Crippen LogP contribution in [0.4, 0.5) is 0 Å². The summed E-state index contributed by atoms with van der Waals surface area (Å²) in [6, 6.07) is 0. The van der Waals surface area contributed by atoms with E-state index in [2.05, 4.69) is 6.92 Å². The van der Waals surface area contributed by atoms with Crippen molar-refractivity contribution < 1.29 is 15.0 Å². The Morgan fingerprint density at radius 1 is 1.44 bits per heavy atom. The molecule has 0 heterocycles.